The van der Waals surface area contributed by atoms with Gasteiger partial charge in [0.1, 0.15) is 6.04 Å². The number of nitrogens with two attached hydrogens (primary N) is 1. The Labute approximate surface area is 182 Å². The molecule has 2 aromatic carbocycles. The summed E-state index contributed by atoms with van der Waals surface area (Å²) in [5, 5.41) is 5.59. The zero-order valence-electron chi connectivity index (χ0n) is 16.2. The largest absolute Gasteiger partial charge is 0.368 e. The lowest BCUT2D eigenvalue weighted by Crippen LogP contribution is -2.46. The zero-order chi connectivity index (χ0) is 22.4. The lowest BCUT2D eigenvalue weighted by molar-refractivity contribution is -0.124. The fourth-order valence-corrected chi connectivity index (χ4v) is 2.94. The summed E-state index contributed by atoms with van der Waals surface area (Å²) in [6.07, 6.45) is 1.28. The van der Waals surface area contributed by atoms with Crippen LogP contribution in [0.5, 0.6) is 0 Å². The van der Waals surface area contributed by atoms with Gasteiger partial charge in [0.05, 0.1) is 6.42 Å². The van der Waals surface area contributed by atoms with Gasteiger partial charge in [-0.2, -0.15) is 0 Å². The molecule has 1 aromatic heterocycles. The van der Waals surface area contributed by atoms with Gasteiger partial charge < -0.3 is 16.4 Å². The van der Waals surface area contributed by atoms with Crippen molar-refractivity contribution in [1.29, 1.82) is 0 Å². The van der Waals surface area contributed by atoms with E-state index in [-0.39, 0.29) is 17.5 Å². The Morgan fingerprint density at radius 1 is 0.968 bits per heavy atom. The smallest absolute Gasteiger partial charge is 0.255 e. The molecular formula is C22H19ClN4O4. The number of nitrogens with zero attached hydrogens (tertiary/aromatic N) is 1. The van der Waals surface area contributed by atoms with E-state index in [4.69, 9.17) is 17.3 Å². The SMILES string of the molecule is NC(=O)[C@H](CC(=O)Nc1ccc(Cl)cc1)NC(=O)c1ccc(-n2ccccc2=O)cc1. The molecule has 1 heterocycles. The summed E-state index contributed by atoms with van der Waals surface area (Å²) in [5.74, 6) is -1.91. The number of hydrogen-bond acceptors (Lipinski definition) is 4. The van der Waals surface area contributed by atoms with Crippen LogP contribution in [0.25, 0.3) is 5.69 Å². The normalized spacial score (nSPS) is 11.4. The molecule has 1 atom stereocenters. The van der Waals surface area contributed by atoms with Crippen LogP contribution in [-0.4, -0.2) is 28.3 Å². The van der Waals surface area contributed by atoms with Crippen molar-refractivity contribution in [3.63, 3.8) is 0 Å². The molecule has 0 unspecified atom stereocenters. The van der Waals surface area contributed by atoms with E-state index in [0.717, 1.165) is 0 Å². The average molecular weight is 439 g/mol. The summed E-state index contributed by atoms with van der Waals surface area (Å²) in [4.78, 5) is 48.4. The first-order valence-electron chi connectivity index (χ1n) is 9.27. The number of rotatable bonds is 7. The number of anilines is 1. The fourth-order valence-electron chi connectivity index (χ4n) is 2.81. The number of carbonyl (C=O) groups is 3. The molecule has 4 N–H and O–H groups in total. The van der Waals surface area contributed by atoms with Crippen molar-refractivity contribution in [3.05, 3.63) is 93.9 Å². The van der Waals surface area contributed by atoms with E-state index in [9.17, 15) is 19.2 Å². The molecule has 0 saturated heterocycles. The molecule has 0 bridgehead atoms. The van der Waals surface area contributed by atoms with Gasteiger partial charge in [0, 0.05) is 34.2 Å². The van der Waals surface area contributed by atoms with Gasteiger partial charge in [0.2, 0.25) is 11.8 Å². The van der Waals surface area contributed by atoms with Gasteiger partial charge >= 0.3 is 0 Å². The summed E-state index contributed by atoms with van der Waals surface area (Å²) in [5.41, 5.74) is 6.47. The number of aromatic nitrogens is 1. The quantitative estimate of drug-likeness (QED) is 0.522. The zero-order valence-corrected chi connectivity index (χ0v) is 17.0. The predicted molar refractivity (Wildman–Crippen MR) is 117 cm³/mol. The van der Waals surface area contributed by atoms with Gasteiger partial charge in [0.15, 0.2) is 0 Å². The maximum absolute atomic E-state index is 12.5. The number of carbonyl (C=O) groups excluding carboxylic acids is 3. The molecule has 0 saturated carbocycles. The third kappa shape index (κ3) is 5.80. The minimum absolute atomic E-state index is 0.208. The topological polar surface area (TPSA) is 123 Å². The first-order valence-corrected chi connectivity index (χ1v) is 9.65. The minimum Gasteiger partial charge on any atom is -0.368 e. The lowest BCUT2D eigenvalue weighted by atomic mass is 10.1. The average Bonchev–Trinajstić information content (AvgIpc) is 2.75. The van der Waals surface area contributed by atoms with Crippen molar-refractivity contribution in [1.82, 2.24) is 9.88 Å². The highest BCUT2D eigenvalue weighted by atomic mass is 35.5. The second kappa shape index (κ2) is 9.73. The summed E-state index contributed by atoms with van der Waals surface area (Å²) >= 11 is 5.80. The highest BCUT2D eigenvalue weighted by Crippen LogP contribution is 2.14. The van der Waals surface area contributed by atoms with Gasteiger partial charge in [-0.05, 0) is 54.6 Å². The number of amides is 3. The predicted octanol–water partition coefficient (Wildman–Crippen LogP) is 2.10. The van der Waals surface area contributed by atoms with Crippen LogP contribution in [0.1, 0.15) is 16.8 Å². The van der Waals surface area contributed by atoms with Crippen molar-refractivity contribution >= 4 is 35.0 Å². The van der Waals surface area contributed by atoms with Crippen molar-refractivity contribution in [2.75, 3.05) is 5.32 Å². The minimum atomic E-state index is -1.20. The van der Waals surface area contributed by atoms with Crippen molar-refractivity contribution in [2.24, 2.45) is 5.73 Å². The van der Waals surface area contributed by atoms with Gasteiger partial charge in [0.25, 0.3) is 11.5 Å². The molecular weight excluding hydrogens is 420 g/mol. The number of pyridine rings is 1. The fraction of sp³-hybridized carbons (Fsp3) is 0.0909. The second-order valence-electron chi connectivity index (χ2n) is 6.64. The summed E-state index contributed by atoms with van der Waals surface area (Å²) in [6.45, 7) is 0. The third-order valence-electron chi connectivity index (χ3n) is 4.40. The standard InChI is InChI=1S/C22H19ClN4O4/c23-15-6-8-16(9-7-15)25-19(28)13-18(21(24)30)26-22(31)14-4-10-17(11-5-14)27-12-2-1-3-20(27)29/h1-12,18H,13H2,(H2,24,30)(H,25,28)(H,26,31)/t18-/m0/s1. The van der Waals surface area contributed by atoms with E-state index in [2.05, 4.69) is 10.6 Å². The van der Waals surface area contributed by atoms with Crippen LogP contribution in [0.3, 0.4) is 0 Å². The second-order valence-corrected chi connectivity index (χ2v) is 7.08. The van der Waals surface area contributed by atoms with Crippen LogP contribution in [-0.2, 0) is 9.59 Å². The van der Waals surface area contributed by atoms with E-state index >= 15 is 0 Å². The highest BCUT2D eigenvalue weighted by Gasteiger charge is 2.22. The molecule has 31 heavy (non-hydrogen) atoms. The Bertz CT molecular complexity index is 1160. The Balaban J connectivity index is 1.65. The van der Waals surface area contributed by atoms with Crippen LogP contribution in [0.2, 0.25) is 5.02 Å². The molecule has 0 aliphatic rings. The van der Waals surface area contributed by atoms with E-state index in [1.54, 1.807) is 54.7 Å². The molecule has 9 heteroatoms. The van der Waals surface area contributed by atoms with Gasteiger partial charge in [-0.3, -0.25) is 23.7 Å². The Hall–Kier alpha value is -3.91. The first-order chi connectivity index (χ1) is 14.8. The highest BCUT2D eigenvalue weighted by molar-refractivity contribution is 6.30. The number of nitrogens with one attached hydrogen (secondary N) is 2. The van der Waals surface area contributed by atoms with Gasteiger partial charge in [-0.1, -0.05) is 17.7 Å². The van der Waals surface area contributed by atoms with Crippen molar-refractivity contribution in [3.8, 4) is 5.69 Å². The monoisotopic (exact) mass is 438 g/mol. The van der Waals surface area contributed by atoms with E-state index in [0.29, 0.717) is 16.4 Å². The Morgan fingerprint density at radius 2 is 1.65 bits per heavy atom. The van der Waals surface area contributed by atoms with Crippen LogP contribution >= 0.6 is 11.6 Å². The molecule has 158 valence electrons. The molecule has 0 fully saturated rings. The van der Waals surface area contributed by atoms with Crippen LogP contribution in [0.4, 0.5) is 5.69 Å². The number of benzene rings is 2. The van der Waals surface area contributed by atoms with Crippen LogP contribution in [0.15, 0.2) is 77.7 Å². The summed E-state index contributed by atoms with van der Waals surface area (Å²) in [6, 6.07) is 16.2. The van der Waals surface area contributed by atoms with E-state index in [1.165, 1.54) is 22.8 Å². The van der Waals surface area contributed by atoms with Gasteiger partial charge in [-0.25, -0.2) is 0 Å². The Morgan fingerprint density at radius 3 is 2.26 bits per heavy atom. The molecule has 0 spiro atoms. The molecule has 3 aromatic rings. The molecule has 0 radical (unpaired) electrons. The maximum Gasteiger partial charge on any atom is 0.255 e. The summed E-state index contributed by atoms with van der Waals surface area (Å²) < 4.78 is 1.43. The molecule has 3 rings (SSSR count). The van der Waals surface area contributed by atoms with Crippen LogP contribution in [0, 0.1) is 0 Å². The molecule has 8 nitrogen and oxygen atoms in total. The third-order valence-corrected chi connectivity index (χ3v) is 4.65. The molecule has 3 amide bonds. The number of halogens is 1. The molecule has 0 aliphatic heterocycles. The van der Waals surface area contributed by atoms with Crippen molar-refractivity contribution < 1.29 is 14.4 Å². The number of primary amides is 1. The lowest BCUT2D eigenvalue weighted by Gasteiger charge is -2.16. The van der Waals surface area contributed by atoms with Crippen LogP contribution < -0.4 is 21.9 Å². The van der Waals surface area contributed by atoms with E-state index < -0.39 is 23.8 Å². The molecule has 0 aliphatic carbocycles. The number of hydrogen-bond donors (Lipinski definition) is 3. The summed E-state index contributed by atoms with van der Waals surface area (Å²) in [7, 11) is 0. The van der Waals surface area contributed by atoms with Crippen molar-refractivity contribution in [2.45, 2.75) is 12.5 Å². The first kappa shape index (κ1) is 21.8. The Kier molecular flexibility index (Phi) is 6.84. The maximum atomic E-state index is 12.5. The van der Waals surface area contributed by atoms with E-state index in [1.807, 2.05) is 0 Å². The van der Waals surface area contributed by atoms with Gasteiger partial charge in [-0.15, -0.1) is 0 Å².